The van der Waals surface area contributed by atoms with Gasteiger partial charge in [-0.05, 0) is 24.6 Å². The molecule has 12 heavy (non-hydrogen) atoms. The van der Waals surface area contributed by atoms with Gasteiger partial charge in [0.2, 0.25) is 0 Å². The average molecular weight is 227 g/mol. The first-order chi connectivity index (χ1) is 5.65. The number of aromatic hydroxyl groups is 1. The highest BCUT2D eigenvalue weighted by Gasteiger charge is 2.03. The Morgan fingerprint density at radius 1 is 1.58 bits per heavy atom. The molecule has 0 aliphatic carbocycles. The minimum Gasteiger partial charge on any atom is -0.507 e. The van der Waals surface area contributed by atoms with E-state index in [4.69, 9.17) is 0 Å². The van der Waals surface area contributed by atoms with Gasteiger partial charge in [0.15, 0.2) is 0 Å². The van der Waals surface area contributed by atoms with E-state index in [0.29, 0.717) is 11.1 Å². The van der Waals surface area contributed by atoms with E-state index in [0.717, 1.165) is 16.7 Å². The van der Waals surface area contributed by atoms with Crippen LogP contribution in [0, 0.1) is 6.92 Å². The van der Waals surface area contributed by atoms with Crippen molar-refractivity contribution in [2.75, 3.05) is 5.33 Å². The van der Waals surface area contributed by atoms with Gasteiger partial charge in [0.1, 0.15) is 5.75 Å². The summed E-state index contributed by atoms with van der Waals surface area (Å²) in [7, 11) is 0. The number of phenols is 1. The lowest BCUT2D eigenvalue weighted by atomic mass is 10.1. The van der Waals surface area contributed by atoms with Gasteiger partial charge in [-0.15, -0.1) is 0 Å². The average Bonchev–Trinajstić information content (AvgIpc) is 2.08. The molecule has 0 bridgehead atoms. The van der Waals surface area contributed by atoms with E-state index in [9.17, 15) is 5.11 Å². The molecule has 0 saturated heterocycles. The minimum atomic E-state index is 0.296. The number of halogens is 1. The maximum Gasteiger partial charge on any atom is 0.123 e. The van der Waals surface area contributed by atoms with Gasteiger partial charge in [-0.25, -0.2) is 0 Å². The van der Waals surface area contributed by atoms with Crippen LogP contribution in [-0.4, -0.2) is 10.4 Å². The van der Waals surface area contributed by atoms with Crippen molar-refractivity contribution >= 4 is 21.5 Å². The van der Waals surface area contributed by atoms with E-state index >= 15 is 0 Å². The maximum atomic E-state index is 9.45. The third-order valence-corrected chi connectivity index (χ3v) is 2.37. The van der Waals surface area contributed by atoms with E-state index in [-0.39, 0.29) is 0 Å². The lowest BCUT2D eigenvalue weighted by Crippen LogP contribution is -1.85. The van der Waals surface area contributed by atoms with Gasteiger partial charge in [0.25, 0.3) is 0 Å². The Balaban J connectivity index is 3.13. The molecule has 64 valence electrons. The molecule has 0 fully saturated rings. The molecule has 0 aliphatic rings. The van der Waals surface area contributed by atoms with Crippen molar-refractivity contribution in [3.63, 3.8) is 0 Å². The molecule has 0 heterocycles. The first kappa shape index (κ1) is 9.33. The van der Waals surface area contributed by atoms with E-state index in [2.05, 4.69) is 22.5 Å². The largest absolute Gasteiger partial charge is 0.507 e. The van der Waals surface area contributed by atoms with Crippen LogP contribution in [0.4, 0.5) is 0 Å². The summed E-state index contributed by atoms with van der Waals surface area (Å²) in [5.74, 6) is 0.296. The van der Waals surface area contributed by atoms with Gasteiger partial charge in [0, 0.05) is 10.9 Å². The third kappa shape index (κ3) is 1.89. The second-order valence-corrected chi connectivity index (χ2v) is 3.32. The van der Waals surface area contributed by atoms with Gasteiger partial charge < -0.3 is 5.11 Å². The SMILES string of the molecule is C=C(CBr)c1cc(C)ccc1O. The number of alkyl halides is 1. The van der Waals surface area contributed by atoms with Crippen molar-refractivity contribution in [1.29, 1.82) is 0 Å². The lowest BCUT2D eigenvalue weighted by molar-refractivity contribution is 0.473. The van der Waals surface area contributed by atoms with Crippen LogP contribution in [0.1, 0.15) is 11.1 Å². The van der Waals surface area contributed by atoms with Crippen LogP contribution in [0.15, 0.2) is 24.8 Å². The molecular formula is C10H11BrO. The van der Waals surface area contributed by atoms with Crippen molar-refractivity contribution in [3.05, 3.63) is 35.9 Å². The number of hydrogen-bond acceptors (Lipinski definition) is 1. The van der Waals surface area contributed by atoms with Gasteiger partial charge >= 0.3 is 0 Å². The fourth-order valence-corrected chi connectivity index (χ4v) is 1.31. The molecule has 1 aromatic rings. The lowest BCUT2D eigenvalue weighted by Gasteiger charge is -2.05. The molecule has 0 unspecified atom stereocenters. The Hall–Kier alpha value is -0.760. The minimum absolute atomic E-state index is 0.296. The predicted molar refractivity (Wildman–Crippen MR) is 55.7 cm³/mol. The smallest absolute Gasteiger partial charge is 0.123 e. The number of phenolic OH excluding ortho intramolecular Hbond substituents is 1. The van der Waals surface area contributed by atoms with Crippen LogP contribution < -0.4 is 0 Å². The van der Waals surface area contributed by atoms with Crippen LogP contribution in [0.2, 0.25) is 0 Å². The summed E-state index contributed by atoms with van der Waals surface area (Å²) in [6.07, 6.45) is 0. The van der Waals surface area contributed by atoms with Gasteiger partial charge in [0.05, 0.1) is 0 Å². The van der Waals surface area contributed by atoms with Crippen molar-refractivity contribution in [2.24, 2.45) is 0 Å². The summed E-state index contributed by atoms with van der Waals surface area (Å²) in [6, 6.07) is 5.50. The molecule has 0 aromatic heterocycles. The molecule has 1 rings (SSSR count). The van der Waals surface area contributed by atoms with Crippen molar-refractivity contribution in [1.82, 2.24) is 0 Å². The van der Waals surface area contributed by atoms with Crippen molar-refractivity contribution < 1.29 is 5.11 Å². The summed E-state index contributed by atoms with van der Waals surface area (Å²) in [6.45, 7) is 5.83. The second-order valence-electron chi connectivity index (χ2n) is 2.76. The Kier molecular flexibility index (Phi) is 2.93. The molecule has 1 N–H and O–H groups in total. The fraction of sp³-hybridized carbons (Fsp3) is 0.200. The maximum absolute atomic E-state index is 9.45. The highest BCUT2D eigenvalue weighted by atomic mass is 79.9. The molecular weight excluding hydrogens is 216 g/mol. The molecule has 0 atom stereocenters. The highest BCUT2D eigenvalue weighted by molar-refractivity contribution is 9.09. The van der Waals surface area contributed by atoms with E-state index < -0.39 is 0 Å². The van der Waals surface area contributed by atoms with Gasteiger partial charge in [-0.2, -0.15) is 0 Å². The van der Waals surface area contributed by atoms with Gasteiger partial charge in [-0.1, -0.05) is 34.1 Å². The summed E-state index contributed by atoms with van der Waals surface area (Å²) in [4.78, 5) is 0. The zero-order chi connectivity index (χ0) is 9.14. The van der Waals surface area contributed by atoms with Crippen LogP contribution in [0.3, 0.4) is 0 Å². The molecule has 1 nitrogen and oxygen atoms in total. The van der Waals surface area contributed by atoms with E-state index in [1.165, 1.54) is 0 Å². The summed E-state index contributed by atoms with van der Waals surface area (Å²) in [5, 5.41) is 10.1. The predicted octanol–water partition coefficient (Wildman–Crippen LogP) is 3.11. The molecule has 0 radical (unpaired) electrons. The fourth-order valence-electron chi connectivity index (χ4n) is 1.01. The molecule has 0 aliphatic heterocycles. The quantitative estimate of drug-likeness (QED) is 0.769. The molecule has 0 amide bonds. The van der Waals surface area contributed by atoms with Crippen molar-refractivity contribution in [3.8, 4) is 5.75 Å². The number of rotatable bonds is 2. The summed E-state index contributed by atoms with van der Waals surface area (Å²) < 4.78 is 0. The van der Waals surface area contributed by atoms with Crippen LogP contribution in [-0.2, 0) is 0 Å². The zero-order valence-corrected chi connectivity index (χ0v) is 8.56. The summed E-state index contributed by atoms with van der Waals surface area (Å²) >= 11 is 3.30. The highest BCUT2D eigenvalue weighted by Crippen LogP contribution is 2.25. The van der Waals surface area contributed by atoms with Crippen molar-refractivity contribution in [2.45, 2.75) is 6.92 Å². The number of aryl methyl sites for hydroxylation is 1. The Morgan fingerprint density at radius 2 is 2.25 bits per heavy atom. The molecule has 2 heteroatoms. The van der Waals surface area contributed by atoms with E-state index in [1.807, 2.05) is 19.1 Å². The second kappa shape index (κ2) is 3.76. The van der Waals surface area contributed by atoms with Gasteiger partial charge in [-0.3, -0.25) is 0 Å². The molecule has 0 saturated carbocycles. The topological polar surface area (TPSA) is 20.2 Å². The number of benzene rings is 1. The Bertz CT molecular complexity index is 305. The standard InChI is InChI=1S/C10H11BrO/c1-7-3-4-10(12)9(5-7)8(2)6-11/h3-5,12H,2,6H2,1H3. The first-order valence-corrected chi connectivity index (χ1v) is 4.81. The van der Waals surface area contributed by atoms with E-state index in [1.54, 1.807) is 6.07 Å². The number of allylic oxidation sites excluding steroid dienone is 1. The Morgan fingerprint density at radius 3 is 2.83 bits per heavy atom. The monoisotopic (exact) mass is 226 g/mol. The summed E-state index contributed by atoms with van der Waals surface area (Å²) in [5.41, 5.74) is 2.85. The van der Waals surface area contributed by atoms with Crippen LogP contribution in [0.5, 0.6) is 5.75 Å². The zero-order valence-electron chi connectivity index (χ0n) is 6.97. The van der Waals surface area contributed by atoms with Crippen LogP contribution >= 0.6 is 15.9 Å². The van der Waals surface area contributed by atoms with Crippen LogP contribution in [0.25, 0.3) is 5.57 Å². The molecule has 0 spiro atoms. The third-order valence-electron chi connectivity index (χ3n) is 1.69. The number of hydrogen-bond donors (Lipinski definition) is 1. The first-order valence-electron chi connectivity index (χ1n) is 3.69. The Labute approximate surface area is 80.9 Å². The normalized spacial score (nSPS) is 9.83. The molecule has 1 aromatic carbocycles.